The summed E-state index contributed by atoms with van der Waals surface area (Å²) >= 11 is 0. The summed E-state index contributed by atoms with van der Waals surface area (Å²) in [6.07, 6.45) is 8.22. The number of nitrogens with one attached hydrogen (secondary N) is 1. The normalized spacial score (nSPS) is 21.6. The number of hydrogen-bond acceptors (Lipinski definition) is 2. The van der Waals surface area contributed by atoms with Crippen LogP contribution in [0.2, 0.25) is 0 Å². The molecule has 2 fully saturated rings. The molecule has 0 aromatic heterocycles. The van der Waals surface area contributed by atoms with Crippen LogP contribution in [-0.4, -0.2) is 62.6 Å². The molecule has 1 aliphatic heterocycles. The highest BCUT2D eigenvalue weighted by Gasteiger charge is 2.43. The molecule has 0 amide bonds. The van der Waals surface area contributed by atoms with Crippen LogP contribution >= 0.6 is 0 Å². The fourth-order valence-electron chi connectivity index (χ4n) is 3.43. The van der Waals surface area contributed by atoms with E-state index in [1.807, 2.05) is 7.05 Å². The molecule has 2 rings (SSSR count). The number of nitrogens with zero attached hydrogens (tertiary/aromatic N) is 3. The van der Waals surface area contributed by atoms with Crippen molar-refractivity contribution < 1.29 is 0 Å². The molecule has 1 N–H and O–H groups in total. The van der Waals surface area contributed by atoms with Gasteiger partial charge in [0.05, 0.1) is 0 Å². The van der Waals surface area contributed by atoms with Gasteiger partial charge >= 0.3 is 0 Å². The van der Waals surface area contributed by atoms with Crippen LogP contribution in [0.5, 0.6) is 0 Å². The van der Waals surface area contributed by atoms with Crippen molar-refractivity contribution in [3.8, 4) is 0 Å². The third-order valence-electron chi connectivity index (χ3n) is 5.03. The molecule has 1 heterocycles. The third-order valence-corrected chi connectivity index (χ3v) is 5.03. The SMILES string of the molecule is CCCCN(C)CCNC(=NC)N1CCC2(CCC2)C1. The second-order valence-corrected chi connectivity index (χ2v) is 6.66. The first kappa shape index (κ1) is 15.6. The van der Waals surface area contributed by atoms with E-state index in [0.29, 0.717) is 5.41 Å². The Kier molecular flexibility index (Phi) is 5.70. The topological polar surface area (TPSA) is 30.9 Å². The molecular weight excluding hydrogens is 248 g/mol. The van der Waals surface area contributed by atoms with E-state index in [0.717, 1.165) is 19.0 Å². The van der Waals surface area contributed by atoms with Gasteiger partial charge in [-0.2, -0.15) is 0 Å². The largest absolute Gasteiger partial charge is 0.355 e. The summed E-state index contributed by atoms with van der Waals surface area (Å²) in [6.45, 7) is 7.94. The summed E-state index contributed by atoms with van der Waals surface area (Å²) in [7, 11) is 4.12. The number of likely N-dealkylation sites (N-methyl/N-ethyl adjacent to an activating group) is 1. The lowest BCUT2D eigenvalue weighted by Crippen LogP contribution is -2.44. The highest BCUT2D eigenvalue weighted by molar-refractivity contribution is 5.80. The maximum atomic E-state index is 4.47. The molecule has 2 aliphatic rings. The number of hydrogen-bond donors (Lipinski definition) is 1. The molecule has 0 aromatic carbocycles. The lowest BCUT2D eigenvalue weighted by atomic mass is 9.68. The molecule has 1 aliphatic carbocycles. The standard InChI is InChI=1S/C16H32N4/c1-4-5-11-19(3)13-10-18-15(17-2)20-12-9-16(14-20)7-6-8-16/h4-14H2,1-3H3,(H,17,18). The van der Waals surface area contributed by atoms with E-state index in [9.17, 15) is 0 Å². The Bertz CT molecular complexity index is 322. The molecule has 1 saturated heterocycles. The summed E-state index contributed by atoms with van der Waals surface area (Å²) in [5.41, 5.74) is 0.648. The molecule has 4 heteroatoms. The first-order valence-electron chi connectivity index (χ1n) is 8.33. The Morgan fingerprint density at radius 2 is 2.10 bits per heavy atom. The average molecular weight is 280 g/mol. The lowest BCUT2D eigenvalue weighted by Gasteiger charge is -2.38. The first-order chi connectivity index (χ1) is 9.69. The maximum absolute atomic E-state index is 4.47. The van der Waals surface area contributed by atoms with Crippen molar-refractivity contribution in [1.29, 1.82) is 0 Å². The van der Waals surface area contributed by atoms with Crippen LogP contribution in [0.3, 0.4) is 0 Å². The Hall–Kier alpha value is -0.770. The van der Waals surface area contributed by atoms with Gasteiger partial charge in [0.1, 0.15) is 0 Å². The fraction of sp³-hybridized carbons (Fsp3) is 0.938. The molecule has 4 nitrogen and oxygen atoms in total. The van der Waals surface area contributed by atoms with Gasteiger partial charge in [-0.25, -0.2) is 0 Å². The molecule has 0 aromatic rings. The van der Waals surface area contributed by atoms with Gasteiger partial charge in [-0.1, -0.05) is 19.8 Å². The third kappa shape index (κ3) is 3.87. The van der Waals surface area contributed by atoms with Crippen molar-refractivity contribution in [2.75, 3.05) is 46.8 Å². The van der Waals surface area contributed by atoms with Crippen molar-refractivity contribution in [1.82, 2.24) is 15.1 Å². The van der Waals surface area contributed by atoms with Crippen LogP contribution in [0.15, 0.2) is 4.99 Å². The smallest absolute Gasteiger partial charge is 0.193 e. The summed E-state index contributed by atoms with van der Waals surface area (Å²) < 4.78 is 0. The van der Waals surface area contributed by atoms with E-state index in [-0.39, 0.29) is 0 Å². The zero-order valence-electron chi connectivity index (χ0n) is 13.6. The molecule has 0 unspecified atom stereocenters. The Balaban J connectivity index is 1.68. The highest BCUT2D eigenvalue weighted by Crippen LogP contribution is 2.47. The number of likely N-dealkylation sites (tertiary alicyclic amines) is 1. The second-order valence-electron chi connectivity index (χ2n) is 6.66. The number of guanidine groups is 1. The van der Waals surface area contributed by atoms with Gasteiger partial charge in [0.25, 0.3) is 0 Å². The first-order valence-corrected chi connectivity index (χ1v) is 8.33. The van der Waals surface area contributed by atoms with Gasteiger partial charge in [-0.3, -0.25) is 4.99 Å². The van der Waals surface area contributed by atoms with Gasteiger partial charge in [0.2, 0.25) is 0 Å². The van der Waals surface area contributed by atoms with Gasteiger partial charge in [0.15, 0.2) is 5.96 Å². The monoisotopic (exact) mass is 280 g/mol. The Labute approximate surface area is 124 Å². The van der Waals surface area contributed by atoms with E-state index in [1.54, 1.807) is 0 Å². The number of unbranched alkanes of at least 4 members (excludes halogenated alkanes) is 1. The molecule has 20 heavy (non-hydrogen) atoms. The molecule has 0 bridgehead atoms. The average Bonchev–Trinajstić information content (AvgIpc) is 2.86. The second kappa shape index (κ2) is 7.30. The van der Waals surface area contributed by atoms with Crippen LogP contribution in [0.1, 0.15) is 45.4 Å². The highest BCUT2D eigenvalue weighted by atomic mass is 15.3. The molecule has 1 spiro atoms. The van der Waals surface area contributed by atoms with Crippen molar-refractivity contribution in [3.63, 3.8) is 0 Å². The minimum absolute atomic E-state index is 0.648. The zero-order valence-corrected chi connectivity index (χ0v) is 13.6. The maximum Gasteiger partial charge on any atom is 0.193 e. The van der Waals surface area contributed by atoms with E-state index < -0.39 is 0 Å². The quantitative estimate of drug-likeness (QED) is 0.597. The predicted octanol–water partition coefficient (Wildman–Crippen LogP) is 2.17. The van der Waals surface area contributed by atoms with Gasteiger partial charge in [-0.05, 0) is 44.7 Å². The molecule has 0 radical (unpaired) electrons. The molecular formula is C16H32N4. The molecule has 116 valence electrons. The summed E-state index contributed by atoms with van der Waals surface area (Å²) in [4.78, 5) is 9.33. The van der Waals surface area contributed by atoms with Crippen molar-refractivity contribution in [2.45, 2.75) is 45.4 Å². The van der Waals surface area contributed by atoms with Gasteiger partial charge in [0, 0.05) is 33.2 Å². The molecule has 0 atom stereocenters. The van der Waals surface area contributed by atoms with Gasteiger partial charge < -0.3 is 15.1 Å². The predicted molar refractivity (Wildman–Crippen MR) is 86.2 cm³/mol. The fourth-order valence-corrected chi connectivity index (χ4v) is 3.43. The lowest BCUT2D eigenvalue weighted by molar-refractivity contribution is 0.151. The van der Waals surface area contributed by atoms with Crippen LogP contribution in [0, 0.1) is 5.41 Å². The van der Waals surface area contributed by atoms with Gasteiger partial charge in [-0.15, -0.1) is 0 Å². The van der Waals surface area contributed by atoms with Crippen LogP contribution < -0.4 is 5.32 Å². The summed E-state index contributed by atoms with van der Waals surface area (Å²) in [6, 6.07) is 0. The van der Waals surface area contributed by atoms with E-state index in [4.69, 9.17) is 0 Å². The Morgan fingerprint density at radius 3 is 2.65 bits per heavy atom. The van der Waals surface area contributed by atoms with Crippen molar-refractivity contribution in [3.05, 3.63) is 0 Å². The van der Waals surface area contributed by atoms with Crippen molar-refractivity contribution >= 4 is 5.96 Å². The van der Waals surface area contributed by atoms with E-state index in [1.165, 1.54) is 58.2 Å². The zero-order chi connectivity index (χ0) is 14.4. The van der Waals surface area contributed by atoms with E-state index in [2.05, 4.69) is 34.1 Å². The van der Waals surface area contributed by atoms with E-state index >= 15 is 0 Å². The Morgan fingerprint density at radius 1 is 1.30 bits per heavy atom. The summed E-state index contributed by atoms with van der Waals surface area (Å²) in [5, 5.41) is 3.54. The summed E-state index contributed by atoms with van der Waals surface area (Å²) in [5.74, 6) is 1.11. The minimum Gasteiger partial charge on any atom is -0.355 e. The number of aliphatic imine (C=N–C) groups is 1. The molecule has 1 saturated carbocycles. The van der Waals surface area contributed by atoms with Crippen LogP contribution in [0.4, 0.5) is 0 Å². The van der Waals surface area contributed by atoms with Crippen LogP contribution in [-0.2, 0) is 0 Å². The van der Waals surface area contributed by atoms with Crippen LogP contribution in [0.25, 0.3) is 0 Å². The minimum atomic E-state index is 0.648. The number of rotatable bonds is 6. The van der Waals surface area contributed by atoms with Crippen molar-refractivity contribution in [2.24, 2.45) is 10.4 Å².